The van der Waals surface area contributed by atoms with Crippen molar-refractivity contribution in [2.24, 2.45) is 0 Å². The summed E-state index contributed by atoms with van der Waals surface area (Å²) >= 11 is 0. The predicted molar refractivity (Wildman–Crippen MR) is 79.8 cm³/mol. The molecule has 3 aliphatic rings. The molecule has 1 N–H and O–H groups in total. The maximum Gasteiger partial charge on any atom is 0.161 e. The number of piperidine rings is 1. The Morgan fingerprint density at radius 3 is 2.86 bits per heavy atom. The standard InChI is InChI=1S/C17H23NO3/c19-17(6-8-18-7-1-3-14(18)12-17)13-4-5-15-16(11-13)21-10-2-9-20-15/h4-5,11,14,19H,1-3,6-10,12H2. The van der Waals surface area contributed by atoms with Crippen LogP contribution < -0.4 is 9.47 Å². The number of benzene rings is 1. The van der Waals surface area contributed by atoms with E-state index in [2.05, 4.69) is 4.90 Å². The predicted octanol–water partition coefficient (Wildman–Crippen LogP) is 2.29. The Morgan fingerprint density at radius 2 is 1.95 bits per heavy atom. The van der Waals surface area contributed by atoms with E-state index in [0.29, 0.717) is 19.3 Å². The van der Waals surface area contributed by atoms with Crippen molar-refractivity contribution in [3.8, 4) is 11.5 Å². The van der Waals surface area contributed by atoms with Crippen LogP contribution in [0.15, 0.2) is 18.2 Å². The first kappa shape index (κ1) is 13.4. The molecule has 4 nitrogen and oxygen atoms in total. The van der Waals surface area contributed by atoms with Gasteiger partial charge in [0.1, 0.15) is 0 Å². The van der Waals surface area contributed by atoms with E-state index >= 15 is 0 Å². The number of hydrogen-bond donors (Lipinski definition) is 1. The van der Waals surface area contributed by atoms with E-state index in [1.165, 1.54) is 19.4 Å². The first-order valence-corrected chi connectivity index (χ1v) is 8.11. The average molecular weight is 289 g/mol. The van der Waals surface area contributed by atoms with Gasteiger partial charge >= 0.3 is 0 Å². The minimum atomic E-state index is -0.712. The molecule has 0 aliphatic carbocycles. The van der Waals surface area contributed by atoms with Crippen LogP contribution in [-0.2, 0) is 5.60 Å². The highest BCUT2D eigenvalue weighted by Crippen LogP contribution is 2.42. The summed E-state index contributed by atoms with van der Waals surface area (Å²) in [6, 6.07) is 6.50. The molecule has 3 heterocycles. The van der Waals surface area contributed by atoms with E-state index < -0.39 is 5.60 Å². The second kappa shape index (κ2) is 5.18. The quantitative estimate of drug-likeness (QED) is 0.861. The van der Waals surface area contributed by atoms with Crippen LogP contribution in [0.3, 0.4) is 0 Å². The molecule has 0 aromatic heterocycles. The Labute approximate surface area is 125 Å². The van der Waals surface area contributed by atoms with E-state index in [1.807, 2.05) is 18.2 Å². The summed E-state index contributed by atoms with van der Waals surface area (Å²) in [5.41, 5.74) is 0.272. The smallest absolute Gasteiger partial charge is 0.161 e. The fraction of sp³-hybridized carbons (Fsp3) is 0.647. The molecule has 0 amide bonds. The number of aliphatic hydroxyl groups is 1. The van der Waals surface area contributed by atoms with Crippen LogP contribution in [0.4, 0.5) is 0 Å². The van der Waals surface area contributed by atoms with Crippen molar-refractivity contribution in [1.29, 1.82) is 0 Å². The number of fused-ring (bicyclic) bond motifs is 2. The summed E-state index contributed by atoms with van der Waals surface area (Å²) < 4.78 is 11.4. The Balaban J connectivity index is 1.61. The Bertz CT molecular complexity index is 533. The molecule has 4 heteroatoms. The molecule has 114 valence electrons. The zero-order valence-corrected chi connectivity index (χ0v) is 12.4. The van der Waals surface area contributed by atoms with Crippen molar-refractivity contribution in [3.05, 3.63) is 23.8 Å². The molecule has 1 aromatic rings. The third kappa shape index (κ3) is 2.40. The zero-order chi connectivity index (χ0) is 14.3. The molecule has 1 aromatic carbocycles. The first-order valence-electron chi connectivity index (χ1n) is 8.11. The number of hydrogen-bond acceptors (Lipinski definition) is 4. The molecule has 0 saturated carbocycles. The van der Waals surface area contributed by atoms with Gasteiger partial charge in [0.15, 0.2) is 11.5 Å². The average Bonchev–Trinajstić information content (AvgIpc) is 2.81. The third-order valence-corrected chi connectivity index (χ3v) is 5.17. The fourth-order valence-electron chi connectivity index (χ4n) is 3.96. The van der Waals surface area contributed by atoms with Gasteiger partial charge in [-0.2, -0.15) is 0 Å². The second-order valence-corrected chi connectivity index (χ2v) is 6.53. The highest BCUT2D eigenvalue weighted by molar-refractivity contribution is 5.45. The molecule has 2 fully saturated rings. The van der Waals surface area contributed by atoms with Gasteiger partial charge in [0, 0.05) is 19.0 Å². The van der Waals surface area contributed by atoms with E-state index in [9.17, 15) is 5.11 Å². The van der Waals surface area contributed by atoms with Gasteiger partial charge in [-0.3, -0.25) is 0 Å². The lowest BCUT2D eigenvalue weighted by Crippen LogP contribution is -2.45. The molecule has 3 aliphatic heterocycles. The molecule has 0 spiro atoms. The van der Waals surface area contributed by atoms with Crippen LogP contribution in [0.25, 0.3) is 0 Å². The Kier molecular flexibility index (Phi) is 3.31. The normalized spacial score (nSPS) is 32.5. The van der Waals surface area contributed by atoms with Gasteiger partial charge < -0.3 is 19.5 Å². The van der Waals surface area contributed by atoms with E-state index in [0.717, 1.165) is 42.9 Å². The van der Waals surface area contributed by atoms with Gasteiger partial charge in [0.2, 0.25) is 0 Å². The highest BCUT2D eigenvalue weighted by atomic mass is 16.5. The molecule has 2 unspecified atom stereocenters. The number of ether oxygens (including phenoxy) is 2. The van der Waals surface area contributed by atoms with Crippen molar-refractivity contribution in [1.82, 2.24) is 4.90 Å². The van der Waals surface area contributed by atoms with Crippen molar-refractivity contribution in [2.75, 3.05) is 26.3 Å². The van der Waals surface area contributed by atoms with Gasteiger partial charge in [-0.1, -0.05) is 6.07 Å². The van der Waals surface area contributed by atoms with Crippen molar-refractivity contribution < 1.29 is 14.6 Å². The van der Waals surface area contributed by atoms with E-state index in [-0.39, 0.29) is 0 Å². The Hall–Kier alpha value is -1.26. The maximum atomic E-state index is 11.1. The largest absolute Gasteiger partial charge is 0.490 e. The summed E-state index contributed by atoms with van der Waals surface area (Å²) in [6.07, 6.45) is 5.04. The maximum absolute atomic E-state index is 11.1. The molecular weight excluding hydrogens is 266 g/mol. The van der Waals surface area contributed by atoms with Crippen LogP contribution in [0.2, 0.25) is 0 Å². The third-order valence-electron chi connectivity index (χ3n) is 5.17. The molecule has 2 saturated heterocycles. The number of rotatable bonds is 1. The molecule has 4 rings (SSSR count). The van der Waals surface area contributed by atoms with Crippen LogP contribution in [-0.4, -0.2) is 42.4 Å². The minimum Gasteiger partial charge on any atom is -0.490 e. The van der Waals surface area contributed by atoms with Crippen LogP contribution >= 0.6 is 0 Å². The van der Waals surface area contributed by atoms with E-state index in [1.54, 1.807) is 0 Å². The Morgan fingerprint density at radius 1 is 1.10 bits per heavy atom. The monoisotopic (exact) mass is 289 g/mol. The summed E-state index contributed by atoms with van der Waals surface area (Å²) in [4.78, 5) is 2.53. The molecule has 2 atom stereocenters. The van der Waals surface area contributed by atoms with Gasteiger partial charge in [-0.25, -0.2) is 0 Å². The lowest BCUT2D eigenvalue weighted by molar-refractivity contribution is -0.0410. The van der Waals surface area contributed by atoms with Gasteiger partial charge in [-0.05, 0) is 49.9 Å². The van der Waals surface area contributed by atoms with Crippen molar-refractivity contribution in [2.45, 2.75) is 43.7 Å². The summed E-state index contributed by atoms with van der Waals surface area (Å²) in [6.45, 7) is 3.58. The molecule has 0 radical (unpaired) electrons. The van der Waals surface area contributed by atoms with Crippen LogP contribution in [0, 0.1) is 0 Å². The van der Waals surface area contributed by atoms with Crippen molar-refractivity contribution >= 4 is 0 Å². The van der Waals surface area contributed by atoms with E-state index in [4.69, 9.17) is 9.47 Å². The number of nitrogens with zero attached hydrogens (tertiary/aromatic N) is 1. The van der Waals surface area contributed by atoms with Crippen LogP contribution in [0.5, 0.6) is 11.5 Å². The minimum absolute atomic E-state index is 0.541. The molecule has 0 bridgehead atoms. The van der Waals surface area contributed by atoms with Gasteiger partial charge in [0.05, 0.1) is 18.8 Å². The van der Waals surface area contributed by atoms with Crippen molar-refractivity contribution in [3.63, 3.8) is 0 Å². The summed E-state index contributed by atoms with van der Waals surface area (Å²) in [5, 5.41) is 11.1. The zero-order valence-electron chi connectivity index (χ0n) is 12.4. The molecular formula is C17H23NO3. The summed E-state index contributed by atoms with van der Waals surface area (Å²) in [5.74, 6) is 1.59. The topological polar surface area (TPSA) is 41.9 Å². The molecule has 21 heavy (non-hydrogen) atoms. The highest BCUT2D eigenvalue weighted by Gasteiger charge is 2.41. The SMILES string of the molecule is OC1(c2ccc3c(c2)OCCCO3)CCN2CCCC2C1. The fourth-order valence-corrected chi connectivity index (χ4v) is 3.96. The second-order valence-electron chi connectivity index (χ2n) is 6.53. The lowest BCUT2D eigenvalue weighted by Gasteiger charge is -2.41. The van der Waals surface area contributed by atoms with Crippen LogP contribution in [0.1, 0.15) is 37.7 Å². The van der Waals surface area contributed by atoms with Gasteiger partial charge in [0.25, 0.3) is 0 Å². The lowest BCUT2D eigenvalue weighted by atomic mass is 9.81. The first-order chi connectivity index (χ1) is 10.2. The summed E-state index contributed by atoms with van der Waals surface area (Å²) in [7, 11) is 0. The van der Waals surface area contributed by atoms with Gasteiger partial charge in [-0.15, -0.1) is 0 Å².